The van der Waals surface area contributed by atoms with Crippen molar-refractivity contribution < 1.29 is 9.53 Å². The first-order chi connectivity index (χ1) is 11.1. The smallest absolute Gasteiger partial charge is 0.322 e. The second kappa shape index (κ2) is 6.84. The third kappa shape index (κ3) is 3.71. The Kier molecular flexibility index (Phi) is 4.63. The number of carbonyl (C=O) groups is 1. The molecule has 1 fully saturated rings. The maximum atomic E-state index is 12.6. The van der Waals surface area contributed by atoms with Crippen molar-refractivity contribution in [1.29, 1.82) is 0 Å². The van der Waals surface area contributed by atoms with Crippen LogP contribution in [0.15, 0.2) is 54.6 Å². The summed E-state index contributed by atoms with van der Waals surface area (Å²) >= 11 is 0. The lowest BCUT2D eigenvalue weighted by molar-refractivity contribution is -0.0530. The maximum absolute atomic E-state index is 12.6. The average molecular weight is 310 g/mol. The van der Waals surface area contributed by atoms with E-state index >= 15 is 0 Å². The molecule has 0 unspecified atom stereocenters. The lowest BCUT2D eigenvalue weighted by Gasteiger charge is -2.35. The Balaban J connectivity index is 1.79. The first-order valence-electron chi connectivity index (χ1n) is 7.99. The van der Waals surface area contributed by atoms with Crippen LogP contribution in [0.2, 0.25) is 0 Å². The van der Waals surface area contributed by atoms with E-state index in [1.165, 1.54) is 0 Å². The molecule has 0 spiro atoms. The summed E-state index contributed by atoms with van der Waals surface area (Å²) in [5, 5.41) is 3.05. The Morgan fingerprint density at radius 3 is 2.30 bits per heavy atom. The molecule has 120 valence electrons. The number of nitrogens with zero attached hydrogens (tertiary/aromatic N) is 1. The Labute approximate surface area is 137 Å². The minimum atomic E-state index is -0.0737. The van der Waals surface area contributed by atoms with Crippen LogP contribution >= 0.6 is 0 Å². The number of hydrogen-bond acceptors (Lipinski definition) is 2. The van der Waals surface area contributed by atoms with Gasteiger partial charge in [0.2, 0.25) is 0 Å². The van der Waals surface area contributed by atoms with Crippen LogP contribution < -0.4 is 5.32 Å². The number of rotatable bonds is 2. The number of morpholine rings is 1. The van der Waals surface area contributed by atoms with E-state index in [1.807, 2.05) is 73.3 Å². The van der Waals surface area contributed by atoms with Gasteiger partial charge < -0.3 is 15.0 Å². The summed E-state index contributed by atoms with van der Waals surface area (Å²) in [6.07, 6.45) is 0.128. The molecule has 0 saturated carbocycles. The highest BCUT2D eigenvalue weighted by molar-refractivity contribution is 5.94. The molecule has 1 heterocycles. The van der Waals surface area contributed by atoms with Crippen molar-refractivity contribution in [3.05, 3.63) is 54.6 Å². The van der Waals surface area contributed by atoms with Crippen LogP contribution in [-0.2, 0) is 4.74 Å². The van der Waals surface area contributed by atoms with Gasteiger partial charge in [-0.1, -0.05) is 48.5 Å². The summed E-state index contributed by atoms with van der Waals surface area (Å²) < 4.78 is 5.69. The topological polar surface area (TPSA) is 41.6 Å². The van der Waals surface area contributed by atoms with Crippen molar-refractivity contribution in [2.24, 2.45) is 0 Å². The van der Waals surface area contributed by atoms with Crippen LogP contribution in [0.5, 0.6) is 0 Å². The first kappa shape index (κ1) is 15.6. The second-order valence-corrected chi connectivity index (χ2v) is 6.00. The molecular formula is C19H22N2O2. The molecular weight excluding hydrogens is 288 g/mol. The van der Waals surface area contributed by atoms with Crippen molar-refractivity contribution in [3.63, 3.8) is 0 Å². The van der Waals surface area contributed by atoms with E-state index < -0.39 is 0 Å². The fraction of sp³-hybridized carbons (Fsp3) is 0.316. The second-order valence-electron chi connectivity index (χ2n) is 6.00. The molecule has 2 aromatic rings. The highest BCUT2D eigenvalue weighted by Crippen LogP contribution is 2.28. The third-order valence-electron chi connectivity index (χ3n) is 3.96. The van der Waals surface area contributed by atoms with Crippen LogP contribution in [0.1, 0.15) is 13.8 Å². The number of hydrogen-bond donors (Lipinski definition) is 1. The molecule has 1 aliphatic heterocycles. The minimum Gasteiger partial charge on any atom is -0.372 e. The van der Waals surface area contributed by atoms with Crippen LogP contribution in [-0.4, -0.2) is 36.2 Å². The Morgan fingerprint density at radius 2 is 1.61 bits per heavy atom. The van der Waals surface area contributed by atoms with Crippen molar-refractivity contribution >= 4 is 11.7 Å². The fourth-order valence-corrected chi connectivity index (χ4v) is 3.00. The van der Waals surface area contributed by atoms with Crippen LogP contribution in [0, 0.1) is 0 Å². The van der Waals surface area contributed by atoms with Crippen molar-refractivity contribution in [3.8, 4) is 11.1 Å². The van der Waals surface area contributed by atoms with Crippen molar-refractivity contribution in [2.75, 3.05) is 18.4 Å². The van der Waals surface area contributed by atoms with Crippen molar-refractivity contribution in [2.45, 2.75) is 26.1 Å². The zero-order valence-electron chi connectivity index (χ0n) is 13.5. The zero-order valence-corrected chi connectivity index (χ0v) is 13.5. The molecule has 2 amide bonds. The maximum Gasteiger partial charge on any atom is 0.322 e. The molecule has 1 aliphatic rings. The molecule has 23 heavy (non-hydrogen) atoms. The number of ether oxygens (including phenoxy) is 1. The Hall–Kier alpha value is -2.33. The zero-order chi connectivity index (χ0) is 16.2. The number of anilines is 1. The average Bonchev–Trinajstić information content (AvgIpc) is 2.55. The van der Waals surface area contributed by atoms with E-state index in [9.17, 15) is 4.79 Å². The lowest BCUT2D eigenvalue weighted by atomic mass is 10.0. The molecule has 1 N–H and O–H groups in total. The largest absolute Gasteiger partial charge is 0.372 e. The van der Waals surface area contributed by atoms with Gasteiger partial charge in [0.1, 0.15) is 0 Å². The summed E-state index contributed by atoms with van der Waals surface area (Å²) in [5.41, 5.74) is 2.94. The molecule has 4 heteroatoms. The van der Waals surface area contributed by atoms with Gasteiger partial charge in [-0.15, -0.1) is 0 Å². The number of para-hydroxylation sites is 1. The predicted molar refractivity (Wildman–Crippen MR) is 92.5 cm³/mol. The van der Waals surface area contributed by atoms with Crippen molar-refractivity contribution in [1.82, 2.24) is 4.90 Å². The number of benzene rings is 2. The normalized spacial score (nSPS) is 21.0. The number of nitrogens with one attached hydrogen (secondary N) is 1. The summed E-state index contributed by atoms with van der Waals surface area (Å²) in [6.45, 7) is 5.22. The molecule has 2 aromatic carbocycles. The summed E-state index contributed by atoms with van der Waals surface area (Å²) in [4.78, 5) is 14.4. The van der Waals surface area contributed by atoms with E-state index in [1.54, 1.807) is 0 Å². The van der Waals surface area contributed by atoms with E-state index in [2.05, 4.69) is 5.32 Å². The van der Waals surface area contributed by atoms with Gasteiger partial charge in [-0.2, -0.15) is 0 Å². The molecule has 1 saturated heterocycles. The predicted octanol–water partition coefficient (Wildman–Crippen LogP) is 3.99. The summed E-state index contributed by atoms with van der Waals surface area (Å²) in [5.74, 6) is 0. The van der Waals surface area contributed by atoms with E-state index in [0.29, 0.717) is 13.1 Å². The van der Waals surface area contributed by atoms with Gasteiger partial charge in [-0.05, 0) is 25.5 Å². The van der Waals surface area contributed by atoms with Gasteiger partial charge in [0.05, 0.1) is 17.9 Å². The lowest BCUT2D eigenvalue weighted by Crippen LogP contribution is -2.49. The van der Waals surface area contributed by atoms with Gasteiger partial charge in [0.15, 0.2) is 0 Å². The van der Waals surface area contributed by atoms with Gasteiger partial charge in [0.25, 0.3) is 0 Å². The van der Waals surface area contributed by atoms with E-state index in [-0.39, 0.29) is 18.2 Å². The van der Waals surface area contributed by atoms with Gasteiger partial charge in [0, 0.05) is 18.7 Å². The Morgan fingerprint density at radius 1 is 1.00 bits per heavy atom. The van der Waals surface area contributed by atoms with E-state index in [4.69, 9.17) is 4.74 Å². The van der Waals surface area contributed by atoms with Crippen LogP contribution in [0.25, 0.3) is 11.1 Å². The molecule has 0 aliphatic carbocycles. The summed E-state index contributed by atoms with van der Waals surface area (Å²) in [6, 6.07) is 17.9. The Bertz CT molecular complexity index is 662. The third-order valence-corrected chi connectivity index (χ3v) is 3.96. The van der Waals surface area contributed by atoms with Gasteiger partial charge in [-0.25, -0.2) is 4.79 Å². The molecule has 0 bridgehead atoms. The summed E-state index contributed by atoms with van der Waals surface area (Å²) in [7, 11) is 0. The monoisotopic (exact) mass is 310 g/mol. The molecule has 2 atom stereocenters. The van der Waals surface area contributed by atoms with E-state index in [0.717, 1.165) is 16.8 Å². The first-order valence-corrected chi connectivity index (χ1v) is 7.99. The van der Waals surface area contributed by atoms with Crippen LogP contribution in [0.3, 0.4) is 0 Å². The minimum absolute atomic E-state index is 0.0638. The highest BCUT2D eigenvalue weighted by Gasteiger charge is 2.26. The van der Waals surface area contributed by atoms with Gasteiger partial charge in [-0.3, -0.25) is 0 Å². The SMILES string of the molecule is C[C@@H]1CN(C(=O)Nc2ccccc2-c2ccccc2)C[C@H](C)O1. The standard InChI is InChI=1S/C19H22N2O2/c1-14-12-21(13-15(2)23-14)19(22)20-18-11-7-6-10-17(18)16-8-4-3-5-9-16/h3-11,14-15H,12-13H2,1-2H3,(H,20,22)/t14-,15+. The quantitative estimate of drug-likeness (QED) is 0.911. The molecule has 0 radical (unpaired) electrons. The number of amides is 2. The molecule has 3 rings (SSSR count). The molecule has 4 nitrogen and oxygen atoms in total. The number of carbonyl (C=O) groups excluding carboxylic acids is 1. The molecule has 0 aromatic heterocycles. The number of urea groups is 1. The van der Waals surface area contributed by atoms with Crippen LogP contribution in [0.4, 0.5) is 10.5 Å². The fourth-order valence-electron chi connectivity index (χ4n) is 3.00. The highest BCUT2D eigenvalue weighted by atomic mass is 16.5. The van der Waals surface area contributed by atoms with Gasteiger partial charge >= 0.3 is 6.03 Å².